The van der Waals surface area contributed by atoms with Crippen LogP contribution >= 0.6 is 0 Å². The number of hydrogen-bond acceptors (Lipinski definition) is 3. The van der Waals surface area contributed by atoms with Crippen LogP contribution in [-0.2, 0) is 6.54 Å². The molecule has 0 saturated heterocycles. The Bertz CT molecular complexity index is 859. The van der Waals surface area contributed by atoms with Crippen molar-refractivity contribution in [3.05, 3.63) is 89.1 Å². The first kappa shape index (κ1) is 16.7. The van der Waals surface area contributed by atoms with E-state index in [1.165, 1.54) is 0 Å². The van der Waals surface area contributed by atoms with Crippen molar-refractivity contribution in [3.63, 3.8) is 0 Å². The first-order chi connectivity index (χ1) is 12.1. The number of rotatable bonds is 5. The molecule has 0 aliphatic rings. The van der Waals surface area contributed by atoms with Crippen LogP contribution in [0.2, 0.25) is 0 Å². The van der Waals surface area contributed by atoms with E-state index >= 15 is 0 Å². The second kappa shape index (κ2) is 7.62. The zero-order chi connectivity index (χ0) is 17.6. The highest BCUT2D eigenvalue weighted by molar-refractivity contribution is 5.94. The van der Waals surface area contributed by atoms with Gasteiger partial charge >= 0.3 is 0 Å². The van der Waals surface area contributed by atoms with Gasteiger partial charge < -0.3 is 10.1 Å². The largest absolute Gasteiger partial charge is 0.439 e. The number of hydrogen-bond donors (Lipinski definition) is 1. The molecule has 0 aliphatic carbocycles. The van der Waals surface area contributed by atoms with E-state index in [1.807, 2.05) is 62.4 Å². The highest BCUT2D eigenvalue weighted by atomic mass is 16.5. The van der Waals surface area contributed by atoms with Crippen LogP contribution in [0, 0.1) is 13.8 Å². The summed E-state index contributed by atoms with van der Waals surface area (Å²) in [6.07, 6.45) is 1.71. The third kappa shape index (κ3) is 4.44. The van der Waals surface area contributed by atoms with Crippen molar-refractivity contribution in [1.82, 2.24) is 10.3 Å². The summed E-state index contributed by atoms with van der Waals surface area (Å²) in [5, 5.41) is 2.88. The number of amides is 1. The van der Waals surface area contributed by atoms with Gasteiger partial charge in [0.05, 0.1) is 0 Å². The van der Waals surface area contributed by atoms with Crippen LogP contribution in [0.1, 0.15) is 27.0 Å². The Morgan fingerprint density at radius 1 is 1.04 bits per heavy atom. The third-order valence-corrected chi connectivity index (χ3v) is 3.84. The van der Waals surface area contributed by atoms with Crippen LogP contribution in [0.3, 0.4) is 0 Å². The van der Waals surface area contributed by atoms with E-state index in [4.69, 9.17) is 4.74 Å². The molecular weight excluding hydrogens is 312 g/mol. The van der Waals surface area contributed by atoms with Crippen LogP contribution in [0.15, 0.2) is 66.9 Å². The summed E-state index contributed by atoms with van der Waals surface area (Å²) in [7, 11) is 0. The van der Waals surface area contributed by atoms with Gasteiger partial charge in [0.25, 0.3) is 5.91 Å². The minimum atomic E-state index is -0.101. The Morgan fingerprint density at radius 2 is 1.84 bits per heavy atom. The number of aromatic nitrogens is 1. The van der Waals surface area contributed by atoms with E-state index in [9.17, 15) is 4.79 Å². The normalized spacial score (nSPS) is 10.3. The van der Waals surface area contributed by atoms with E-state index in [-0.39, 0.29) is 5.91 Å². The number of carbonyl (C=O) groups is 1. The molecule has 0 fully saturated rings. The number of benzene rings is 2. The fourth-order valence-electron chi connectivity index (χ4n) is 2.38. The fourth-order valence-corrected chi connectivity index (χ4v) is 2.38. The average molecular weight is 332 g/mol. The third-order valence-electron chi connectivity index (χ3n) is 3.84. The van der Waals surface area contributed by atoms with Crippen LogP contribution < -0.4 is 10.1 Å². The standard InChI is InChI=1S/C21H20N2O2/c1-15-8-9-16(2)19(12-15)25-20-11-10-17(13-22-20)14-23-21(24)18-6-4-3-5-7-18/h3-13H,14H2,1-2H3,(H,23,24). The van der Waals surface area contributed by atoms with Crippen LogP contribution in [0.4, 0.5) is 0 Å². The van der Waals surface area contributed by atoms with Gasteiger partial charge in [0.15, 0.2) is 0 Å². The van der Waals surface area contributed by atoms with Gasteiger partial charge in [0.1, 0.15) is 5.75 Å². The van der Waals surface area contributed by atoms with Crippen molar-refractivity contribution in [2.75, 3.05) is 0 Å². The zero-order valence-corrected chi connectivity index (χ0v) is 14.3. The molecule has 0 radical (unpaired) electrons. The van der Waals surface area contributed by atoms with Gasteiger partial charge in [-0.15, -0.1) is 0 Å². The minimum Gasteiger partial charge on any atom is -0.439 e. The van der Waals surface area contributed by atoms with Gasteiger partial charge in [-0.1, -0.05) is 36.4 Å². The molecule has 25 heavy (non-hydrogen) atoms. The Kier molecular flexibility index (Phi) is 5.09. The summed E-state index contributed by atoms with van der Waals surface area (Å²) in [5.41, 5.74) is 3.76. The monoisotopic (exact) mass is 332 g/mol. The van der Waals surface area contributed by atoms with E-state index in [1.54, 1.807) is 18.3 Å². The first-order valence-electron chi connectivity index (χ1n) is 8.15. The summed E-state index contributed by atoms with van der Waals surface area (Å²) in [4.78, 5) is 16.4. The van der Waals surface area contributed by atoms with Crippen molar-refractivity contribution in [1.29, 1.82) is 0 Å². The van der Waals surface area contributed by atoms with Gasteiger partial charge in [-0.2, -0.15) is 0 Å². The number of pyridine rings is 1. The summed E-state index contributed by atoms with van der Waals surface area (Å²) in [6, 6.07) is 18.9. The van der Waals surface area contributed by atoms with Gasteiger partial charge in [-0.3, -0.25) is 4.79 Å². The number of ether oxygens (including phenoxy) is 1. The molecule has 1 heterocycles. The van der Waals surface area contributed by atoms with Crippen LogP contribution in [0.5, 0.6) is 11.6 Å². The van der Waals surface area contributed by atoms with Crippen LogP contribution in [-0.4, -0.2) is 10.9 Å². The Balaban J connectivity index is 1.60. The fraction of sp³-hybridized carbons (Fsp3) is 0.143. The van der Waals surface area contributed by atoms with Crippen molar-refractivity contribution in [2.24, 2.45) is 0 Å². The molecule has 4 nitrogen and oxygen atoms in total. The first-order valence-corrected chi connectivity index (χ1v) is 8.15. The van der Waals surface area contributed by atoms with Crippen molar-refractivity contribution >= 4 is 5.91 Å². The lowest BCUT2D eigenvalue weighted by Gasteiger charge is -2.09. The SMILES string of the molecule is Cc1ccc(C)c(Oc2ccc(CNC(=O)c3ccccc3)cn2)c1. The highest BCUT2D eigenvalue weighted by Gasteiger charge is 2.06. The molecule has 1 N–H and O–H groups in total. The molecule has 0 spiro atoms. The van der Waals surface area contributed by atoms with Gasteiger partial charge in [-0.05, 0) is 48.7 Å². The molecule has 3 aromatic rings. The zero-order valence-electron chi connectivity index (χ0n) is 14.3. The molecule has 0 aliphatic heterocycles. The maximum absolute atomic E-state index is 12.0. The van der Waals surface area contributed by atoms with Gasteiger partial charge in [-0.25, -0.2) is 4.98 Å². The molecule has 1 aromatic heterocycles. The number of carbonyl (C=O) groups excluding carboxylic acids is 1. The van der Waals surface area contributed by atoms with Crippen molar-refractivity contribution in [3.8, 4) is 11.6 Å². The predicted molar refractivity (Wildman–Crippen MR) is 97.8 cm³/mol. The molecule has 3 rings (SSSR count). The van der Waals surface area contributed by atoms with E-state index in [2.05, 4.69) is 10.3 Å². The molecular formula is C21H20N2O2. The summed E-state index contributed by atoms with van der Waals surface area (Å²) in [6.45, 7) is 4.45. The Labute approximate surface area is 147 Å². The maximum Gasteiger partial charge on any atom is 0.251 e. The molecule has 2 aromatic carbocycles. The molecule has 0 atom stereocenters. The van der Waals surface area contributed by atoms with E-state index in [0.29, 0.717) is 18.0 Å². The average Bonchev–Trinajstić information content (AvgIpc) is 2.64. The lowest BCUT2D eigenvalue weighted by atomic mass is 10.1. The second-order valence-electron chi connectivity index (χ2n) is 5.92. The lowest BCUT2D eigenvalue weighted by molar-refractivity contribution is 0.0951. The molecule has 0 unspecified atom stereocenters. The minimum absolute atomic E-state index is 0.101. The van der Waals surface area contributed by atoms with E-state index < -0.39 is 0 Å². The second-order valence-corrected chi connectivity index (χ2v) is 5.92. The molecule has 0 saturated carbocycles. The Hall–Kier alpha value is -3.14. The number of nitrogens with one attached hydrogen (secondary N) is 1. The van der Waals surface area contributed by atoms with Crippen molar-refractivity contribution in [2.45, 2.75) is 20.4 Å². The van der Waals surface area contributed by atoms with E-state index in [0.717, 1.165) is 22.4 Å². The molecule has 1 amide bonds. The molecule has 0 bridgehead atoms. The summed E-state index contributed by atoms with van der Waals surface area (Å²) >= 11 is 0. The predicted octanol–water partition coefficient (Wildman–Crippen LogP) is 4.42. The van der Waals surface area contributed by atoms with Gasteiger partial charge in [0.2, 0.25) is 5.88 Å². The quantitative estimate of drug-likeness (QED) is 0.752. The smallest absolute Gasteiger partial charge is 0.251 e. The highest BCUT2D eigenvalue weighted by Crippen LogP contribution is 2.24. The lowest BCUT2D eigenvalue weighted by Crippen LogP contribution is -2.22. The topological polar surface area (TPSA) is 51.2 Å². The summed E-state index contributed by atoms with van der Waals surface area (Å²) < 4.78 is 5.84. The Morgan fingerprint density at radius 3 is 2.56 bits per heavy atom. The molecule has 126 valence electrons. The number of nitrogens with zero attached hydrogens (tertiary/aromatic N) is 1. The maximum atomic E-state index is 12.0. The number of aryl methyl sites for hydroxylation is 2. The summed E-state index contributed by atoms with van der Waals surface area (Å²) in [5.74, 6) is 1.24. The van der Waals surface area contributed by atoms with Crippen molar-refractivity contribution < 1.29 is 9.53 Å². The van der Waals surface area contributed by atoms with Crippen LogP contribution in [0.25, 0.3) is 0 Å². The van der Waals surface area contributed by atoms with Gasteiger partial charge in [0, 0.05) is 24.4 Å². The molecule has 4 heteroatoms.